The Morgan fingerprint density at radius 1 is 1.10 bits per heavy atom. The van der Waals surface area contributed by atoms with Crippen LogP contribution < -0.4 is 5.43 Å². The largest absolute Gasteiger partial charge is 0.288 e. The van der Waals surface area contributed by atoms with Crippen molar-refractivity contribution in [2.75, 3.05) is 0 Å². The lowest BCUT2D eigenvalue weighted by atomic mass is 10.1. The lowest BCUT2D eigenvalue weighted by Gasteiger charge is -2.12. The van der Waals surface area contributed by atoms with E-state index in [4.69, 9.17) is 11.6 Å². The molecular formula is C16H10ClNO2. The molecule has 0 bridgehead atoms. The number of carbonyl (C=O) groups is 1. The van der Waals surface area contributed by atoms with Gasteiger partial charge in [-0.3, -0.25) is 14.2 Å². The summed E-state index contributed by atoms with van der Waals surface area (Å²) in [5, 5.41) is 1.37. The highest BCUT2D eigenvalue weighted by Gasteiger charge is 2.13. The monoisotopic (exact) mass is 283 g/mol. The summed E-state index contributed by atoms with van der Waals surface area (Å²) in [5.74, 6) is -0.284. The van der Waals surface area contributed by atoms with Crippen LogP contribution in [0.3, 0.4) is 0 Å². The van der Waals surface area contributed by atoms with Crippen LogP contribution in [0.2, 0.25) is 5.02 Å². The van der Waals surface area contributed by atoms with Gasteiger partial charge in [-0.05, 0) is 36.4 Å². The first kappa shape index (κ1) is 12.6. The van der Waals surface area contributed by atoms with E-state index < -0.39 is 0 Å². The van der Waals surface area contributed by atoms with Crippen molar-refractivity contribution in [3.05, 3.63) is 70.4 Å². The summed E-state index contributed by atoms with van der Waals surface area (Å²) in [6.45, 7) is 3.52. The van der Waals surface area contributed by atoms with Gasteiger partial charge in [0, 0.05) is 15.8 Å². The van der Waals surface area contributed by atoms with Gasteiger partial charge in [-0.15, -0.1) is 0 Å². The molecule has 1 heterocycles. The number of aromatic nitrogens is 1. The summed E-state index contributed by atoms with van der Waals surface area (Å²) in [5.41, 5.74) is 0.964. The zero-order chi connectivity index (χ0) is 14.3. The maximum atomic E-state index is 12.5. The van der Waals surface area contributed by atoms with E-state index in [-0.39, 0.29) is 11.3 Å². The first-order valence-corrected chi connectivity index (χ1v) is 6.41. The molecule has 0 amide bonds. The predicted octanol–water partition coefficient (Wildman–Crippen LogP) is 3.63. The van der Waals surface area contributed by atoms with Gasteiger partial charge in [-0.1, -0.05) is 30.3 Å². The minimum Gasteiger partial charge on any atom is -0.288 e. The lowest BCUT2D eigenvalue weighted by Crippen LogP contribution is -2.15. The second kappa shape index (κ2) is 4.62. The molecule has 0 fully saturated rings. The zero-order valence-corrected chi connectivity index (χ0v) is 11.2. The highest BCUT2D eigenvalue weighted by Crippen LogP contribution is 2.22. The number of pyridine rings is 1. The minimum absolute atomic E-state index is 0.133. The van der Waals surface area contributed by atoms with Gasteiger partial charge in [0.05, 0.1) is 11.0 Å². The maximum absolute atomic E-state index is 12.5. The van der Waals surface area contributed by atoms with E-state index in [1.54, 1.807) is 42.5 Å². The first-order chi connectivity index (χ1) is 9.63. The topological polar surface area (TPSA) is 39.1 Å². The molecule has 2 aromatic carbocycles. The Labute approximate surface area is 119 Å². The minimum atomic E-state index is -0.284. The fourth-order valence-electron chi connectivity index (χ4n) is 2.35. The summed E-state index contributed by atoms with van der Waals surface area (Å²) in [6, 6.07) is 11.9. The van der Waals surface area contributed by atoms with Crippen LogP contribution in [-0.2, 0) is 0 Å². The van der Waals surface area contributed by atoms with Crippen LogP contribution in [0.15, 0.2) is 59.9 Å². The number of nitrogens with zero attached hydrogens (tertiary/aromatic N) is 1. The molecule has 4 heteroatoms. The number of benzene rings is 2. The van der Waals surface area contributed by atoms with Crippen molar-refractivity contribution in [2.45, 2.75) is 0 Å². The van der Waals surface area contributed by atoms with Gasteiger partial charge in [0.2, 0.25) is 0 Å². The highest BCUT2D eigenvalue weighted by atomic mass is 35.5. The molecule has 0 saturated heterocycles. The zero-order valence-electron chi connectivity index (χ0n) is 10.5. The standard InChI is InChI=1S/C16H10ClNO2/c1-2-15(19)18-13-6-4-3-5-11(13)16(20)12-9-10(17)7-8-14(12)18/h2-9H,1H2. The number of para-hydroxylation sites is 1. The number of hydrogen-bond donors (Lipinski definition) is 0. The van der Waals surface area contributed by atoms with Crippen molar-refractivity contribution >= 4 is 39.3 Å². The lowest BCUT2D eigenvalue weighted by molar-refractivity contribution is 0.0978. The number of halogens is 1. The fraction of sp³-hybridized carbons (Fsp3) is 0. The van der Waals surface area contributed by atoms with Gasteiger partial charge in [0.15, 0.2) is 5.43 Å². The van der Waals surface area contributed by atoms with Crippen LogP contribution in [-0.4, -0.2) is 10.5 Å². The summed E-state index contributed by atoms with van der Waals surface area (Å²) >= 11 is 5.95. The Balaban J connectivity index is 2.67. The number of carbonyl (C=O) groups excluding carboxylic acids is 1. The van der Waals surface area contributed by atoms with E-state index >= 15 is 0 Å². The second-order valence-electron chi connectivity index (χ2n) is 4.39. The van der Waals surface area contributed by atoms with Gasteiger partial charge < -0.3 is 0 Å². The predicted molar refractivity (Wildman–Crippen MR) is 81.5 cm³/mol. The molecule has 0 radical (unpaired) electrons. The molecule has 3 aromatic rings. The Bertz CT molecular complexity index is 925. The van der Waals surface area contributed by atoms with E-state index in [1.807, 2.05) is 0 Å². The van der Waals surface area contributed by atoms with Crippen molar-refractivity contribution in [1.29, 1.82) is 0 Å². The van der Waals surface area contributed by atoms with E-state index in [9.17, 15) is 9.59 Å². The van der Waals surface area contributed by atoms with Crippen LogP contribution in [0.5, 0.6) is 0 Å². The molecule has 0 N–H and O–H groups in total. The van der Waals surface area contributed by atoms with Gasteiger partial charge in [-0.2, -0.15) is 0 Å². The summed E-state index contributed by atoms with van der Waals surface area (Å²) in [4.78, 5) is 24.6. The van der Waals surface area contributed by atoms with Crippen LogP contribution in [0, 0.1) is 0 Å². The van der Waals surface area contributed by atoms with Crippen molar-refractivity contribution < 1.29 is 4.79 Å². The van der Waals surface area contributed by atoms with Crippen molar-refractivity contribution in [3.8, 4) is 0 Å². The molecule has 20 heavy (non-hydrogen) atoms. The number of allylic oxidation sites excluding steroid dienone is 1. The molecule has 0 aliphatic rings. The Morgan fingerprint density at radius 3 is 2.55 bits per heavy atom. The van der Waals surface area contributed by atoms with Crippen LogP contribution in [0.1, 0.15) is 4.79 Å². The number of hydrogen-bond acceptors (Lipinski definition) is 2. The second-order valence-corrected chi connectivity index (χ2v) is 4.82. The van der Waals surface area contributed by atoms with E-state index in [2.05, 4.69) is 6.58 Å². The Kier molecular flexibility index (Phi) is 2.92. The summed E-state index contributed by atoms with van der Waals surface area (Å²) in [7, 11) is 0. The van der Waals surface area contributed by atoms with Crippen LogP contribution in [0.25, 0.3) is 21.8 Å². The third-order valence-electron chi connectivity index (χ3n) is 3.23. The SMILES string of the molecule is C=CC(=O)n1c2ccccc2c(=O)c2cc(Cl)ccc21. The quantitative estimate of drug-likeness (QED) is 0.505. The van der Waals surface area contributed by atoms with Gasteiger partial charge in [-0.25, -0.2) is 0 Å². The summed E-state index contributed by atoms with van der Waals surface area (Å²) in [6.07, 6.45) is 1.23. The first-order valence-electron chi connectivity index (χ1n) is 6.03. The third kappa shape index (κ3) is 1.75. The van der Waals surface area contributed by atoms with E-state index in [1.165, 1.54) is 10.6 Å². The third-order valence-corrected chi connectivity index (χ3v) is 3.46. The molecule has 98 valence electrons. The molecular weight excluding hydrogens is 274 g/mol. The molecule has 0 unspecified atom stereocenters. The molecule has 0 aliphatic carbocycles. The van der Waals surface area contributed by atoms with Gasteiger partial charge >= 0.3 is 0 Å². The van der Waals surface area contributed by atoms with Gasteiger partial charge in [0.25, 0.3) is 5.91 Å². The highest BCUT2D eigenvalue weighted by molar-refractivity contribution is 6.31. The Morgan fingerprint density at radius 2 is 1.80 bits per heavy atom. The molecule has 1 aromatic heterocycles. The van der Waals surface area contributed by atoms with Gasteiger partial charge in [0.1, 0.15) is 0 Å². The summed E-state index contributed by atoms with van der Waals surface area (Å²) < 4.78 is 1.48. The molecule has 0 aliphatic heterocycles. The van der Waals surface area contributed by atoms with Crippen molar-refractivity contribution in [2.24, 2.45) is 0 Å². The molecule has 3 nitrogen and oxygen atoms in total. The molecule has 0 atom stereocenters. The number of rotatable bonds is 1. The van der Waals surface area contributed by atoms with Crippen LogP contribution in [0.4, 0.5) is 0 Å². The van der Waals surface area contributed by atoms with E-state index in [0.29, 0.717) is 26.8 Å². The number of fused-ring (bicyclic) bond motifs is 2. The molecule has 3 rings (SSSR count). The normalized spacial score (nSPS) is 10.8. The van der Waals surface area contributed by atoms with Crippen molar-refractivity contribution in [1.82, 2.24) is 4.57 Å². The average molecular weight is 284 g/mol. The molecule has 0 saturated carbocycles. The molecule has 0 spiro atoms. The van der Waals surface area contributed by atoms with Crippen LogP contribution >= 0.6 is 11.6 Å². The van der Waals surface area contributed by atoms with E-state index in [0.717, 1.165) is 0 Å². The average Bonchev–Trinajstić information content (AvgIpc) is 2.48. The van der Waals surface area contributed by atoms with Crippen molar-refractivity contribution in [3.63, 3.8) is 0 Å². The smallest absolute Gasteiger partial charge is 0.254 e. The maximum Gasteiger partial charge on any atom is 0.254 e. The Hall–Kier alpha value is -2.39. The fourth-order valence-corrected chi connectivity index (χ4v) is 2.52.